The van der Waals surface area contributed by atoms with Crippen molar-refractivity contribution >= 4 is 44.1 Å². The number of amides is 1. The maximum atomic E-state index is 13.7. The first-order chi connectivity index (χ1) is 20.4. The number of hydrogen-bond donors (Lipinski definition) is 1. The number of aliphatic hydroxyl groups is 1. The van der Waals surface area contributed by atoms with Gasteiger partial charge in [-0.15, -0.1) is 0 Å². The summed E-state index contributed by atoms with van der Waals surface area (Å²) in [4.78, 5) is 33.6. The Balaban J connectivity index is 1.48. The first-order valence-electron chi connectivity index (χ1n) is 14.2. The number of carbonyl (C=O) groups excluding carboxylic acids is 2. The fourth-order valence-electron chi connectivity index (χ4n) is 5.43. The van der Waals surface area contributed by atoms with Crippen LogP contribution in [0.15, 0.2) is 66.2 Å². The summed E-state index contributed by atoms with van der Waals surface area (Å²) in [6.07, 6.45) is 2.62. The van der Waals surface area contributed by atoms with Gasteiger partial charge in [0.05, 0.1) is 35.0 Å². The van der Waals surface area contributed by atoms with Crippen LogP contribution in [0.1, 0.15) is 56.3 Å². The molecule has 2 aliphatic heterocycles. The van der Waals surface area contributed by atoms with E-state index in [1.165, 1.54) is 16.2 Å². The fraction of sp³-hybridized carbons (Fsp3) is 0.303. The molecule has 2 atom stereocenters. The minimum Gasteiger partial charge on any atom is -0.507 e. The predicted molar refractivity (Wildman–Crippen MR) is 163 cm³/mol. The molecule has 42 heavy (non-hydrogen) atoms. The first kappa shape index (κ1) is 27.8. The standard InChI is InChI=1S/C33H32N2O6S/c1-4-6-14-40-23-9-7-8-20(17-23)29-28(30(36)21-10-13-26-22(16-21)15-19(3)41-26)31(37)32(38)35(29)33-34-25-12-11-24(39-5-2)18-27(25)42-33/h7-13,16-19,29,36H,4-6,14-15H2,1-3H3/b30-28+/t19-,29-/m1/s1. The van der Waals surface area contributed by atoms with Crippen LogP contribution in [-0.4, -0.2) is 41.1 Å². The average Bonchev–Trinajstić information content (AvgIpc) is 3.65. The Hall–Kier alpha value is -4.37. The van der Waals surface area contributed by atoms with E-state index in [9.17, 15) is 14.7 Å². The second kappa shape index (κ2) is 11.5. The van der Waals surface area contributed by atoms with Gasteiger partial charge in [0.2, 0.25) is 0 Å². The van der Waals surface area contributed by atoms with E-state index in [2.05, 4.69) is 6.92 Å². The van der Waals surface area contributed by atoms with E-state index in [4.69, 9.17) is 19.2 Å². The van der Waals surface area contributed by atoms with Crippen molar-refractivity contribution in [2.75, 3.05) is 18.1 Å². The van der Waals surface area contributed by atoms with Crippen molar-refractivity contribution in [1.29, 1.82) is 0 Å². The van der Waals surface area contributed by atoms with E-state index >= 15 is 0 Å². The molecule has 8 nitrogen and oxygen atoms in total. The topological polar surface area (TPSA) is 98.2 Å². The van der Waals surface area contributed by atoms with E-state index in [1.807, 2.05) is 62.4 Å². The smallest absolute Gasteiger partial charge is 0.301 e. The molecule has 1 amide bonds. The number of anilines is 1. The number of ether oxygens (including phenoxy) is 3. The number of ketones is 1. The zero-order chi connectivity index (χ0) is 29.4. The van der Waals surface area contributed by atoms with Gasteiger partial charge in [0, 0.05) is 12.0 Å². The fourth-order valence-corrected chi connectivity index (χ4v) is 6.45. The van der Waals surface area contributed by atoms with Crippen LogP contribution in [0, 0.1) is 0 Å². The summed E-state index contributed by atoms with van der Waals surface area (Å²) < 4.78 is 18.2. The number of aromatic nitrogens is 1. The Labute approximate surface area is 248 Å². The van der Waals surface area contributed by atoms with E-state index in [0.29, 0.717) is 52.9 Å². The molecule has 0 radical (unpaired) electrons. The third-order valence-corrected chi connectivity index (χ3v) is 8.44. The number of hydrogen-bond acceptors (Lipinski definition) is 8. The van der Waals surface area contributed by atoms with Gasteiger partial charge in [0.25, 0.3) is 5.78 Å². The van der Waals surface area contributed by atoms with Crippen LogP contribution < -0.4 is 19.1 Å². The maximum Gasteiger partial charge on any atom is 0.301 e. The third-order valence-electron chi connectivity index (χ3n) is 7.42. The predicted octanol–water partition coefficient (Wildman–Crippen LogP) is 6.82. The van der Waals surface area contributed by atoms with Crippen LogP contribution >= 0.6 is 11.3 Å². The molecule has 1 N–H and O–H groups in total. The summed E-state index contributed by atoms with van der Waals surface area (Å²) in [6, 6.07) is 17.3. The van der Waals surface area contributed by atoms with Gasteiger partial charge >= 0.3 is 5.91 Å². The summed E-state index contributed by atoms with van der Waals surface area (Å²) in [5.41, 5.74) is 2.72. The van der Waals surface area contributed by atoms with Crippen molar-refractivity contribution in [1.82, 2.24) is 4.98 Å². The number of carbonyl (C=O) groups is 2. The highest BCUT2D eigenvalue weighted by molar-refractivity contribution is 7.22. The highest BCUT2D eigenvalue weighted by Gasteiger charge is 2.48. The molecule has 1 saturated heterocycles. The molecule has 3 aromatic carbocycles. The summed E-state index contributed by atoms with van der Waals surface area (Å²) in [5.74, 6) is 0.330. The Morgan fingerprint density at radius 2 is 1.90 bits per heavy atom. The first-order valence-corrected chi connectivity index (χ1v) is 15.1. The summed E-state index contributed by atoms with van der Waals surface area (Å²) in [5, 5.41) is 12.0. The van der Waals surface area contributed by atoms with Crippen molar-refractivity contribution < 1.29 is 28.9 Å². The Bertz CT molecular complexity index is 1710. The zero-order valence-electron chi connectivity index (χ0n) is 23.8. The molecule has 0 saturated carbocycles. The van der Waals surface area contributed by atoms with Crippen molar-refractivity contribution in [3.8, 4) is 17.2 Å². The minimum atomic E-state index is -0.907. The van der Waals surface area contributed by atoms with Crippen LogP contribution in [-0.2, 0) is 16.0 Å². The van der Waals surface area contributed by atoms with Gasteiger partial charge in [0.15, 0.2) is 5.13 Å². The summed E-state index contributed by atoms with van der Waals surface area (Å²) in [6.45, 7) is 7.06. The van der Waals surface area contributed by atoms with Crippen LogP contribution in [0.25, 0.3) is 16.0 Å². The Morgan fingerprint density at radius 1 is 1.07 bits per heavy atom. The lowest BCUT2D eigenvalue weighted by atomic mass is 9.94. The Morgan fingerprint density at radius 3 is 2.71 bits per heavy atom. The van der Waals surface area contributed by atoms with Crippen LogP contribution in [0.5, 0.6) is 17.2 Å². The van der Waals surface area contributed by atoms with E-state index in [-0.39, 0.29) is 17.4 Å². The monoisotopic (exact) mass is 584 g/mol. The molecule has 4 aromatic rings. The maximum absolute atomic E-state index is 13.7. The minimum absolute atomic E-state index is 0.00637. The van der Waals surface area contributed by atoms with Crippen molar-refractivity contribution in [3.63, 3.8) is 0 Å². The molecular formula is C33H32N2O6S. The normalized spacial score (nSPS) is 19.3. The van der Waals surface area contributed by atoms with E-state index in [0.717, 1.165) is 28.9 Å². The molecule has 3 heterocycles. The lowest BCUT2D eigenvalue weighted by Crippen LogP contribution is -2.29. The SMILES string of the molecule is CCCCOc1cccc([C@@H]2/C(=C(\O)c3ccc4c(c3)C[C@@H](C)O4)C(=O)C(=O)N2c2nc3ccc(OCC)cc3s2)c1. The number of rotatable bonds is 9. The Kier molecular flexibility index (Phi) is 7.60. The lowest BCUT2D eigenvalue weighted by Gasteiger charge is -2.23. The van der Waals surface area contributed by atoms with Gasteiger partial charge in [-0.2, -0.15) is 0 Å². The number of aliphatic hydroxyl groups excluding tert-OH is 1. The molecule has 2 aliphatic rings. The molecule has 1 aromatic heterocycles. The number of nitrogens with zero attached hydrogens (tertiary/aromatic N) is 2. The van der Waals surface area contributed by atoms with Gasteiger partial charge in [-0.3, -0.25) is 14.5 Å². The third kappa shape index (κ3) is 5.09. The molecular weight excluding hydrogens is 552 g/mol. The van der Waals surface area contributed by atoms with Gasteiger partial charge in [-0.1, -0.05) is 36.8 Å². The second-order valence-electron chi connectivity index (χ2n) is 10.5. The molecule has 0 aliphatic carbocycles. The van der Waals surface area contributed by atoms with Crippen LogP contribution in [0.3, 0.4) is 0 Å². The molecule has 0 unspecified atom stereocenters. The average molecular weight is 585 g/mol. The molecule has 0 bridgehead atoms. The van der Waals surface area contributed by atoms with E-state index in [1.54, 1.807) is 12.1 Å². The highest BCUT2D eigenvalue weighted by Crippen LogP contribution is 2.45. The zero-order valence-corrected chi connectivity index (χ0v) is 24.6. The van der Waals surface area contributed by atoms with Gasteiger partial charge < -0.3 is 19.3 Å². The number of Topliss-reactive ketones (excluding diaryl/α,β-unsaturated/α-hetero) is 1. The summed E-state index contributed by atoms with van der Waals surface area (Å²) in [7, 11) is 0. The van der Waals surface area contributed by atoms with Crippen molar-refractivity contribution in [2.45, 2.75) is 52.2 Å². The van der Waals surface area contributed by atoms with Crippen molar-refractivity contribution in [3.05, 3.63) is 82.9 Å². The molecule has 6 rings (SSSR count). The van der Waals surface area contributed by atoms with Gasteiger partial charge in [0.1, 0.15) is 29.1 Å². The molecule has 0 spiro atoms. The molecule has 1 fully saturated rings. The van der Waals surface area contributed by atoms with Crippen molar-refractivity contribution in [2.24, 2.45) is 0 Å². The largest absolute Gasteiger partial charge is 0.507 e. The number of benzene rings is 3. The van der Waals surface area contributed by atoms with Gasteiger partial charge in [-0.05, 0) is 79.9 Å². The highest BCUT2D eigenvalue weighted by atomic mass is 32.1. The quantitative estimate of drug-likeness (QED) is 0.0997. The second-order valence-corrected chi connectivity index (χ2v) is 11.5. The number of thiazole rings is 1. The van der Waals surface area contributed by atoms with Crippen LogP contribution in [0.4, 0.5) is 5.13 Å². The number of fused-ring (bicyclic) bond motifs is 2. The van der Waals surface area contributed by atoms with Gasteiger partial charge in [-0.25, -0.2) is 4.98 Å². The molecule has 9 heteroatoms. The lowest BCUT2D eigenvalue weighted by molar-refractivity contribution is -0.132. The summed E-state index contributed by atoms with van der Waals surface area (Å²) >= 11 is 1.30. The number of unbranched alkanes of at least 4 members (excludes halogenated alkanes) is 1. The van der Waals surface area contributed by atoms with E-state index < -0.39 is 17.7 Å². The molecule has 216 valence electrons. The van der Waals surface area contributed by atoms with Crippen LogP contribution in [0.2, 0.25) is 0 Å².